The summed E-state index contributed by atoms with van der Waals surface area (Å²) in [6, 6.07) is 6.43. The minimum atomic E-state index is -0.746. The molecule has 2 aliphatic heterocycles. The molecule has 0 amide bonds. The van der Waals surface area contributed by atoms with E-state index in [2.05, 4.69) is 16.8 Å². The van der Waals surface area contributed by atoms with Gasteiger partial charge in [-0.25, -0.2) is 8.78 Å². The summed E-state index contributed by atoms with van der Waals surface area (Å²) >= 11 is 0. The first kappa shape index (κ1) is 17.5. The van der Waals surface area contributed by atoms with E-state index in [-0.39, 0.29) is 11.9 Å². The standard InChI is InChI=1S/C19H22F2N2O3/c1-22-5-6-25-18-11-23(10-16(18)22)9-13-3-4-17(26-13)12-7-14(20)19(24-2)15(21)8-12/h3-4,7-8,16,18H,5-6,9-11H2,1-2H3/t16-,18-/m0/s1. The normalized spacial score (nSPS) is 24.0. The summed E-state index contributed by atoms with van der Waals surface area (Å²) in [6.45, 7) is 4.14. The monoisotopic (exact) mass is 364 g/mol. The van der Waals surface area contributed by atoms with E-state index in [0.717, 1.165) is 32.0 Å². The van der Waals surface area contributed by atoms with Crippen molar-refractivity contribution < 1.29 is 22.7 Å². The van der Waals surface area contributed by atoms with Crippen molar-refractivity contribution in [1.82, 2.24) is 9.80 Å². The van der Waals surface area contributed by atoms with Crippen molar-refractivity contribution in [3.05, 3.63) is 41.7 Å². The number of rotatable bonds is 4. The Hall–Kier alpha value is -1.96. The fraction of sp³-hybridized carbons (Fsp3) is 0.474. The van der Waals surface area contributed by atoms with Crippen molar-refractivity contribution in [3.63, 3.8) is 0 Å². The molecule has 3 heterocycles. The smallest absolute Gasteiger partial charge is 0.190 e. The van der Waals surface area contributed by atoms with Crippen LogP contribution >= 0.6 is 0 Å². The summed E-state index contributed by atoms with van der Waals surface area (Å²) in [6.07, 6.45) is 0.230. The van der Waals surface area contributed by atoms with E-state index in [1.54, 1.807) is 6.07 Å². The first-order chi connectivity index (χ1) is 12.5. The Labute approximate surface area is 151 Å². The molecule has 7 heteroatoms. The van der Waals surface area contributed by atoms with Crippen LogP contribution in [0.2, 0.25) is 0 Å². The zero-order chi connectivity index (χ0) is 18.3. The van der Waals surface area contributed by atoms with Gasteiger partial charge in [-0.2, -0.15) is 0 Å². The van der Waals surface area contributed by atoms with Gasteiger partial charge >= 0.3 is 0 Å². The van der Waals surface area contributed by atoms with Crippen molar-refractivity contribution in [1.29, 1.82) is 0 Å². The van der Waals surface area contributed by atoms with E-state index >= 15 is 0 Å². The number of fused-ring (bicyclic) bond motifs is 1. The van der Waals surface area contributed by atoms with E-state index in [4.69, 9.17) is 13.9 Å². The number of likely N-dealkylation sites (tertiary alicyclic amines) is 1. The lowest BCUT2D eigenvalue weighted by Crippen LogP contribution is -2.48. The molecule has 0 spiro atoms. The van der Waals surface area contributed by atoms with E-state index in [1.165, 1.54) is 19.2 Å². The molecule has 0 radical (unpaired) electrons. The Bertz CT molecular complexity index is 772. The molecule has 1 aromatic carbocycles. The second kappa shape index (κ2) is 6.98. The van der Waals surface area contributed by atoms with Crippen LogP contribution in [-0.2, 0) is 11.3 Å². The lowest BCUT2D eigenvalue weighted by molar-refractivity contribution is -0.0370. The van der Waals surface area contributed by atoms with Gasteiger partial charge in [0.05, 0.1) is 26.4 Å². The van der Waals surface area contributed by atoms with Gasteiger partial charge in [0.15, 0.2) is 17.4 Å². The number of hydrogen-bond donors (Lipinski definition) is 0. The van der Waals surface area contributed by atoms with Gasteiger partial charge in [0, 0.05) is 31.2 Å². The van der Waals surface area contributed by atoms with Gasteiger partial charge in [-0.3, -0.25) is 9.80 Å². The fourth-order valence-electron chi connectivity index (χ4n) is 3.80. The average molecular weight is 364 g/mol. The third-order valence-electron chi connectivity index (χ3n) is 5.18. The van der Waals surface area contributed by atoms with Gasteiger partial charge in [0.2, 0.25) is 0 Å². The number of ether oxygens (including phenoxy) is 2. The summed E-state index contributed by atoms with van der Waals surface area (Å²) < 4.78 is 44.2. The van der Waals surface area contributed by atoms with E-state index < -0.39 is 11.6 Å². The summed E-state index contributed by atoms with van der Waals surface area (Å²) in [7, 11) is 3.36. The molecule has 1 aromatic heterocycles. The summed E-state index contributed by atoms with van der Waals surface area (Å²) in [5.74, 6) is -0.679. The molecule has 4 rings (SSSR count). The van der Waals surface area contributed by atoms with Gasteiger partial charge in [-0.15, -0.1) is 0 Å². The molecule has 26 heavy (non-hydrogen) atoms. The topological polar surface area (TPSA) is 38.1 Å². The second-order valence-corrected chi connectivity index (χ2v) is 6.89. The number of likely N-dealkylation sites (N-methyl/N-ethyl adjacent to an activating group) is 1. The molecule has 2 fully saturated rings. The first-order valence-electron chi connectivity index (χ1n) is 8.71. The number of nitrogens with zero attached hydrogens (tertiary/aromatic N) is 2. The number of morpholine rings is 1. The predicted molar refractivity (Wildman–Crippen MR) is 92.0 cm³/mol. The first-order valence-corrected chi connectivity index (χ1v) is 8.71. The highest BCUT2D eigenvalue weighted by atomic mass is 19.1. The highest BCUT2D eigenvalue weighted by Gasteiger charge is 2.38. The summed E-state index contributed by atoms with van der Waals surface area (Å²) in [4.78, 5) is 4.62. The number of furan rings is 1. The molecule has 0 bridgehead atoms. The van der Waals surface area contributed by atoms with Crippen molar-refractivity contribution >= 4 is 0 Å². The SMILES string of the molecule is COc1c(F)cc(-c2ccc(CN3C[C@@H]4OCCN(C)[C@H]4C3)o2)cc1F. The van der Waals surface area contributed by atoms with Crippen LogP contribution in [0.1, 0.15) is 5.76 Å². The van der Waals surface area contributed by atoms with Crippen LogP contribution in [-0.4, -0.2) is 62.3 Å². The molecule has 0 saturated carbocycles. The minimum Gasteiger partial charge on any atom is -0.491 e. The molecular weight excluding hydrogens is 342 g/mol. The van der Waals surface area contributed by atoms with Crippen molar-refractivity contribution in [2.45, 2.75) is 18.7 Å². The van der Waals surface area contributed by atoms with Crippen molar-refractivity contribution in [2.75, 3.05) is 40.4 Å². The summed E-state index contributed by atoms with van der Waals surface area (Å²) in [5.41, 5.74) is 0.352. The fourth-order valence-corrected chi connectivity index (χ4v) is 3.80. The molecule has 5 nitrogen and oxygen atoms in total. The van der Waals surface area contributed by atoms with E-state index in [0.29, 0.717) is 23.9 Å². The van der Waals surface area contributed by atoms with Gasteiger partial charge in [-0.05, 0) is 31.3 Å². The molecule has 0 aliphatic carbocycles. The maximum atomic E-state index is 13.9. The number of methoxy groups -OCH3 is 1. The highest BCUT2D eigenvalue weighted by molar-refractivity contribution is 5.59. The Balaban J connectivity index is 1.47. The average Bonchev–Trinajstić information content (AvgIpc) is 3.22. The van der Waals surface area contributed by atoms with Gasteiger partial charge < -0.3 is 13.9 Å². The molecule has 140 valence electrons. The van der Waals surface area contributed by atoms with E-state index in [9.17, 15) is 8.78 Å². The van der Waals surface area contributed by atoms with Gasteiger partial charge in [0.25, 0.3) is 0 Å². The lowest BCUT2D eigenvalue weighted by atomic mass is 10.1. The van der Waals surface area contributed by atoms with Crippen molar-refractivity contribution in [3.8, 4) is 17.1 Å². The zero-order valence-corrected chi connectivity index (χ0v) is 14.9. The molecule has 2 atom stereocenters. The highest BCUT2D eigenvalue weighted by Crippen LogP contribution is 2.31. The third kappa shape index (κ3) is 3.22. The molecular formula is C19H22F2N2O3. The molecule has 2 aliphatic rings. The van der Waals surface area contributed by atoms with Crippen LogP contribution in [0.5, 0.6) is 5.75 Å². The Kier molecular flexibility index (Phi) is 4.69. The largest absolute Gasteiger partial charge is 0.491 e. The van der Waals surface area contributed by atoms with Gasteiger partial charge in [-0.1, -0.05) is 0 Å². The number of halogens is 2. The van der Waals surface area contributed by atoms with Crippen LogP contribution in [0, 0.1) is 11.6 Å². The zero-order valence-electron chi connectivity index (χ0n) is 14.9. The molecule has 0 unspecified atom stereocenters. The van der Waals surface area contributed by atoms with Crippen LogP contribution in [0.4, 0.5) is 8.78 Å². The second-order valence-electron chi connectivity index (χ2n) is 6.89. The lowest BCUT2D eigenvalue weighted by Gasteiger charge is -2.33. The van der Waals surface area contributed by atoms with Crippen LogP contribution in [0.15, 0.2) is 28.7 Å². The van der Waals surface area contributed by atoms with E-state index in [1.807, 2.05) is 6.07 Å². The summed E-state index contributed by atoms with van der Waals surface area (Å²) in [5, 5.41) is 0. The molecule has 2 saturated heterocycles. The Morgan fingerprint density at radius 2 is 1.96 bits per heavy atom. The maximum absolute atomic E-state index is 13.9. The molecule has 0 N–H and O–H groups in total. The Morgan fingerprint density at radius 1 is 1.19 bits per heavy atom. The van der Waals surface area contributed by atoms with Crippen LogP contribution < -0.4 is 4.74 Å². The van der Waals surface area contributed by atoms with Crippen molar-refractivity contribution in [2.24, 2.45) is 0 Å². The molecule has 2 aromatic rings. The third-order valence-corrected chi connectivity index (χ3v) is 5.18. The van der Waals surface area contributed by atoms with Crippen LogP contribution in [0.25, 0.3) is 11.3 Å². The maximum Gasteiger partial charge on any atom is 0.190 e. The van der Waals surface area contributed by atoms with Crippen LogP contribution in [0.3, 0.4) is 0 Å². The van der Waals surface area contributed by atoms with Gasteiger partial charge in [0.1, 0.15) is 11.5 Å². The number of benzene rings is 1. The number of hydrogen-bond acceptors (Lipinski definition) is 5. The predicted octanol–water partition coefficient (Wildman–Crippen LogP) is 2.75. The minimum absolute atomic E-state index is 0.230. The quantitative estimate of drug-likeness (QED) is 0.834. The Morgan fingerprint density at radius 3 is 2.65 bits per heavy atom.